The molecule has 0 bridgehead atoms. The number of aryl methyl sites for hydroxylation is 1. The van der Waals surface area contributed by atoms with Crippen LogP contribution in [0.5, 0.6) is 0 Å². The van der Waals surface area contributed by atoms with E-state index in [4.69, 9.17) is 0 Å². The van der Waals surface area contributed by atoms with Crippen LogP contribution in [-0.4, -0.2) is 71.3 Å². The number of para-hydroxylation sites is 1. The Morgan fingerprint density at radius 2 is 1.64 bits per heavy atom. The molecule has 0 saturated carbocycles. The van der Waals surface area contributed by atoms with Gasteiger partial charge in [0.05, 0.1) is 11.1 Å². The Labute approximate surface area is 187 Å². The lowest BCUT2D eigenvalue weighted by Crippen LogP contribution is -2.49. The monoisotopic (exact) mass is 447 g/mol. The molecule has 1 amide bonds. The number of hydrogen-bond acceptors (Lipinski definition) is 8. The zero-order chi connectivity index (χ0) is 23.1. The van der Waals surface area contributed by atoms with E-state index in [0.717, 1.165) is 10.3 Å². The molecule has 12 nitrogen and oxygen atoms in total. The summed E-state index contributed by atoms with van der Waals surface area (Å²) in [6, 6.07) is 12.7. The zero-order valence-electron chi connectivity index (χ0n) is 18.1. The minimum Gasteiger partial charge on any atom is -0.336 e. The molecule has 1 aromatic carbocycles. The number of carbonyl (C=O) groups excluding carboxylic acids is 1. The van der Waals surface area contributed by atoms with E-state index in [0.29, 0.717) is 32.1 Å². The van der Waals surface area contributed by atoms with Crippen molar-refractivity contribution in [2.45, 2.75) is 0 Å². The first kappa shape index (κ1) is 20.5. The van der Waals surface area contributed by atoms with E-state index in [1.165, 1.54) is 24.7 Å². The fourth-order valence-corrected chi connectivity index (χ4v) is 3.96. The lowest BCUT2D eigenvalue weighted by atomic mass is 10.2. The second kappa shape index (κ2) is 7.97. The number of benzene rings is 1. The van der Waals surface area contributed by atoms with Crippen LogP contribution in [0, 0.1) is 0 Å². The van der Waals surface area contributed by atoms with Gasteiger partial charge in [-0.2, -0.15) is 4.68 Å². The number of pyridine rings is 1. The molecule has 1 aliphatic heterocycles. The standard InChI is InChI=1S/C21H21N9O3/c1-26-17-15(18(31)27(2)21(26)33)8-9-16(22-17)19(32)28-10-12-29(13-11-28)20-23-24-25-30(20)14-6-4-3-5-7-14/h3-9H,10-13H2,1-2H3. The van der Waals surface area contributed by atoms with Crippen molar-refractivity contribution in [2.24, 2.45) is 14.1 Å². The summed E-state index contributed by atoms with van der Waals surface area (Å²) in [5.41, 5.74) is 0.301. The second-order valence-electron chi connectivity index (χ2n) is 7.78. The number of hydrogen-bond donors (Lipinski definition) is 0. The largest absolute Gasteiger partial charge is 0.336 e. The number of nitrogens with zero attached hydrogens (tertiary/aromatic N) is 9. The third-order valence-electron chi connectivity index (χ3n) is 5.82. The maximum absolute atomic E-state index is 13.1. The van der Waals surface area contributed by atoms with Crippen molar-refractivity contribution in [3.05, 3.63) is 69.0 Å². The van der Waals surface area contributed by atoms with E-state index >= 15 is 0 Å². The molecule has 33 heavy (non-hydrogen) atoms. The fraction of sp³-hybridized carbons (Fsp3) is 0.286. The minimum absolute atomic E-state index is 0.188. The summed E-state index contributed by atoms with van der Waals surface area (Å²) >= 11 is 0. The van der Waals surface area contributed by atoms with Gasteiger partial charge in [-0.1, -0.05) is 23.3 Å². The molecule has 0 spiro atoms. The van der Waals surface area contributed by atoms with E-state index in [1.807, 2.05) is 35.2 Å². The van der Waals surface area contributed by atoms with Crippen molar-refractivity contribution in [1.29, 1.82) is 0 Å². The highest BCUT2D eigenvalue weighted by Gasteiger charge is 2.26. The van der Waals surface area contributed by atoms with Crippen molar-refractivity contribution in [2.75, 3.05) is 31.1 Å². The summed E-state index contributed by atoms with van der Waals surface area (Å²) in [4.78, 5) is 45.8. The minimum atomic E-state index is -0.491. The van der Waals surface area contributed by atoms with Gasteiger partial charge in [0, 0.05) is 40.3 Å². The average Bonchev–Trinajstić information content (AvgIpc) is 3.36. The quantitative estimate of drug-likeness (QED) is 0.414. The molecule has 4 aromatic rings. The second-order valence-corrected chi connectivity index (χ2v) is 7.78. The van der Waals surface area contributed by atoms with Gasteiger partial charge in [-0.25, -0.2) is 9.78 Å². The number of tetrazole rings is 1. The molecule has 4 heterocycles. The van der Waals surface area contributed by atoms with E-state index < -0.39 is 11.2 Å². The van der Waals surface area contributed by atoms with Crippen molar-refractivity contribution < 1.29 is 4.79 Å². The Morgan fingerprint density at radius 1 is 0.909 bits per heavy atom. The number of amides is 1. The Hall–Kier alpha value is -4.35. The lowest BCUT2D eigenvalue weighted by molar-refractivity contribution is 0.0740. The average molecular weight is 447 g/mol. The summed E-state index contributed by atoms with van der Waals surface area (Å²) in [6.07, 6.45) is 0. The van der Waals surface area contributed by atoms with Gasteiger partial charge < -0.3 is 9.80 Å². The van der Waals surface area contributed by atoms with Crippen LogP contribution in [0.4, 0.5) is 5.95 Å². The van der Waals surface area contributed by atoms with Crippen molar-refractivity contribution >= 4 is 22.9 Å². The highest BCUT2D eigenvalue weighted by atomic mass is 16.2. The van der Waals surface area contributed by atoms with Crippen LogP contribution in [0.25, 0.3) is 16.7 Å². The normalized spacial score (nSPS) is 14.1. The summed E-state index contributed by atoms with van der Waals surface area (Å²) in [5, 5.41) is 12.3. The molecule has 0 N–H and O–H groups in total. The van der Waals surface area contributed by atoms with Crippen LogP contribution in [0.3, 0.4) is 0 Å². The van der Waals surface area contributed by atoms with E-state index in [1.54, 1.807) is 15.6 Å². The zero-order valence-corrected chi connectivity index (χ0v) is 18.1. The first-order chi connectivity index (χ1) is 16.0. The maximum Gasteiger partial charge on any atom is 0.332 e. The molecule has 168 valence electrons. The first-order valence-electron chi connectivity index (χ1n) is 10.4. The van der Waals surface area contributed by atoms with Gasteiger partial charge in [-0.05, 0) is 34.7 Å². The number of aromatic nitrogens is 7. The highest BCUT2D eigenvalue weighted by molar-refractivity contribution is 5.94. The molecule has 1 aliphatic rings. The smallest absolute Gasteiger partial charge is 0.332 e. The molecule has 3 aromatic heterocycles. The molecular weight excluding hydrogens is 426 g/mol. The van der Waals surface area contributed by atoms with Crippen LogP contribution in [-0.2, 0) is 14.1 Å². The topological polar surface area (TPSA) is 124 Å². The first-order valence-corrected chi connectivity index (χ1v) is 10.4. The molecular formula is C21H21N9O3. The molecule has 0 radical (unpaired) electrons. The van der Waals surface area contributed by atoms with Gasteiger partial charge in [0.15, 0.2) is 0 Å². The van der Waals surface area contributed by atoms with E-state index in [9.17, 15) is 14.4 Å². The number of carbonyl (C=O) groups is 1. The van der Waals surface area contributed by atoms with Crippen LogP contribution in [0.1, 0.15) is 10.5 Å². The van der Waals surface area contributed by atoms with Crippen molar-refractivity contribution in [1.82, 2.24) is 39.2 Å². The van der Waals surface area contributed by atoms with E-state index in [-0.39, 0.29) is 22.6 Å². The van der Waals surface area contributed by atoms with Crippen LogP contribution < -0.4 is 16.1 Å². The van der Waals surface area contributed by atoms with Gasteiger partial charge in [0.2, 0.25) is 5.95 Å². The Kier molecular flexibility index (Phi) is 4.96. The summed E-state index contributed by atoms with van der Waals surface area (Å²) < 4.78 is 3.96. The molecule has 5 rings (SSSR count). The molecule has 0 unspecified atom stereocenters. The van der Waals surface area contributed by atoms with Gasteiger partial charge in [-0.15, -0.1) is 0 Å². The van der Waals surface area contributed by atoms with Crippen molar-refractivity contribution in [3.8, 4) is 5.69 Å². The third-order valence-corrected chi connectivity index (χ3v) is 5.82. The van der Waals surface area contributed by atoms with Gasteiger partial charge in [0.1, 0.15) is 11.3 Å². The van der Waals surface area contributed by atoms with Gasteiger partial charge in [0.25, 0.3) is 11.5 Å². The Balaban J connectivity index is 1.36. The predicted molar refractivity (Wildman–Crippen MR) is 119 cm³/mol. The van der Waals surface area contributed by atoms with Crippen molar-refractivity contribution in [3.63, 3.8) is 0 Å². The maximum atomic E-state index is 13.1. The van der Waals surface area contributed by atoms with Gasteiger partial charge >= 0.3 is 5.69 Å². The SMILES string of the molecule is Cn1c(=O)c2ccc(C(=O)N3CCN(c4nnnn4-c4ccccc4)CC3)nc2n(C)c1=O. The van der Waals surface area contributed by atoms with Crippen LogP contribution in [0.2, 0.25) is 0 Å². The third kappa shape index (κ3) is 3.45. The summed E-state index contributed by atoms with van der Waals surface area (Å²) in [6.45, 7) is 2.00. The fourth-order valence-electron chi connectivity index (χ4n) is 3.96. The van der Waals surface area contributed by atoms with E-state index in [2.05, 4.69) is 20.5 Å². The molecule has 1 fully saturated rings. The summed E-state index contributed by atoms with van der Waals surface area (Å²) in [7, 11) is 2.94. The van der Waals surface area contributed by atoms with Gasteiger partial charge in [-0.3, -0.25) is 18.7 Å². The molecule has 0 atom stereocenters. The Morgan fingerprint density at radius 3 is 2.36 bits per heavy atom. The lowest BCUT2D eigenvalue weighted by Gasteiger charge is -2.34. The number of fused-ring (bicyclic) bond motifs is 1. The van der Waals surface area contributed by atoms with Crippen LogP contribution in [0.15, 0.2) is 52.1 Å². The predicted octanol–water partition coefficient (Wildman–Crippen LogP) is -0.430. The summed E-state index contributed by atoms with van der Waals surface area (Å²) in [5.74, 6) is 0.357. The van der Waals surface area contributed by atoms with Crippen LogP contribution >= 0.6 is 0 Å². The molecule has 12 heteroatoms. The number of rotatable bonds is 3. The number of piperazine rings is 1. The molecule has 1 saturated heterocycles. The number of anilines is 1. The Bertz CT molecular complexity index is 1460. The molecule has 0 aliphatic carbocycles. The highest BCUT2D eigenvalue weighted by Crippen LogP contribution is 2.18.